The highest BCUT2D eigenvalue weighted by atomic mass is 19.4. The summed E-state index contributed by atoms with van der Waals surface area (Å²) in [6, 6.07) is 5.11. The third kappa shape index (κ3) is 2.23. The summed E-state index contributed by atoms with van der Waals surface area (Å²) >= 11 is 0. The minimum Gasteiger partial charge on any atom is -0.312 e. The number of fused-ring (bicyclic) bond motifs is 1. The lowest BCUT2D eigenvalue weighted by molar-refractivity contribution is -0.137. The van der Waals surface area contributed by atoms with Crippen molar-refractivity contribution in [3.63, 3.8) is 0 Å². The number of aromatic nitrogens is 2. The smallest absolute Gasteiger partial charge is 0.312 e. The normalized spacial score (nSPS) is 15.3. The molecule has 0 fully saturated rings. The highest BCUT2D eigenvalue weighted by Crippen LogP contribution is 2.32. The van der Waals surface area contributed by atoms with Gasteiger partial charge in [-0.2, -0.15) is 18.3 Å². The minimum atomic E-state index is -4.30. The van der Waals surface area contributed by atoms with Gasteiger partial charge in [-0.3, -0.25) is 5.10 Å². The van der Waals surface area contributed by atoms with Crippen LogP contribution in [0.3, 0.4) is 0 Å². The van der Waals surface area contributed by atoms with Crippen LogP contribution in [0.2, 0.25) is 0 Å². The molecule has 1 aromatic heterocycles. The molecule has 0 amide bonds. The molecule has 19 heavy (non-hydrogen) atoms. The van der Waals surface area contributed by atoms with Crippen LogP contribution in [0.25, 0.3) is 11.3 Å². The van der Waals surface area contributed by atoms with Gasteiger partial charge in [-0.15, -0.1) is 0 Å². The lowest BCUT2D eigenvalue weighted by Gasteiger charge is -2.13. The Hall–Kier alpha value is -1.82. The Morgan fingerprint density at radius 1 is 1.11 bits per heavy atom. The van der Waals surface area contributed by atoms with Gasteiger partial charge in [-0.25, -0.2) is 0 Å². The zero-order chi connectivity index (χ0) is 13.5. The average Bonchev–Trinajstić information content (AvgIpc) is 2.82. The summed E-state index contributed by atoms with van der Waals surface area (Å²) in [6.07, 6.45) is -3.44. The van der Waals surface area contributed by atoms with Gasteiger partial charge in [0.05, 0.1) is 11.3 Å². The molecule has 0 atom stereocenters. The molecule has 2 heterocycles. The topological polar surface area (TPSA) is 40.7 Å². The Morgan fingerprint density at radius 3 is 2.53 bits per heavy atom. The third-order valence-corrected chi connectivity index (χ3v) is 3.29. The first-order chi connectivity index (χ1) is 9.05. The van der Waals surface area contributed by atoms with Gasteiger partial charge in [0.25, 0.3) is 0 Å². The van der Waals surface area contributed by atoms with Crippen LogP contribution < -0.4 is 5.32 Å². The van der Waals surface area contributed by atoms with Crippen molar-refractivity contribution in [3.8, 4) is 11.3 Å². The molecule has 6 heteroatoms. The van der Waals surface area contributed by atoms with Crippen molar-refractivity contribution in [2.45, 2.75) is 19.1 Å². The van der Waals surface area contributed by atoms with E-state index in [2.05, 4.69) is 15.5 Å². The van der Waals surface area contributed by atoms with Gasteiger partial charge in [0.1, 0.15) is 0 Å². The Labute approximate surface area is 107 Å². The van der Waals surface area contributed by atoms with E-state index < -0.39 is 11.7 Å². The number of nitrogens with one attached hydrogen (secondary N) is 2. The molecule has 1 aliphatic heterocycles. The molecule has 0 spiro atoms. The molecule has 0 aliphatic carbocycles. The number of hydrogen-bond donors (Lipinski definition) is 2. The second-order valence-electron chi connectivity index (χ2n) is 4.53. The molecule has 0 radical (unpaired) electrons. The quantitative estimate of drug-likeness (QED) is 0.834. The van der Waals surface area contributed by atoms with E-state index in [1.165, 1.54) is 12.1 Å². The van der Waals surface area contributed by atoms with E-state index in [0.717, 1.165) is 42.0 Å². The van der Waals surface area contributed by atoms with E-state index in [1.54, 1.807) is 0 Å². The van der Waals surface area contributed by atoms with Crippen LogP contribution >= 0.6 is 0 Å². The molecule has 2 aromatic rings. The number of aromatic amines is 1. The molecule has 0 unspecified atom stereocenters. The average molecular weight is 267 g/mol. The number of H-pyrrole nitrogens is 1. The predicted molar refractivity (Wildman–Crippen MR) is 64.4 cm³/mol. The fourth-order valence-electron chi connectivity index (χ4n) is 2.28. The zero-order valence-corrected chi connectivity index (χ0v) is 10.0. The Morgan fingerprint density at radius 2 is 1.84 bits per heavy atom. The van der Waals surface area contributed by atoms with Crippen LogP contribution in [0.5, 0.6) is 0 Å². The van der Waals surface area contributed by atoms with Crippen molar-refractivity contribution < 1.29 is 13.2 Å². The lowest BCUT2D eigenvalue weighted by Crippen LogP contribution is -2.23. The van der Waals surface area contributed by atoms with Crippen LogP contribution in [-0.4, -0.2) is 16.7 Å². The molecule has 0 saturated heterocycles. The zero-order valence-electron chi connectivity index (χ0n) is 10.0. The molecule has 1 aromatic carbocycles. The Balaban J connectivity index is 1.97. The minimum absolute atomic E-state index is 0.640. The summed E-state index contributed by atoms with van der Waals surface area (Å²) in [6.45, 7) is 1.59. The number of hydrogen-bond acceptors (Lipinski definition) is 2. The lowest BCUT2D eigenvalue weighted by atomic mass is 10.0. The van der Waals surface area contributed by atoms with Crippen molar-refractivity contribution in [1.82, 2.24) is 15.5 Å². The van der Waals surface area contributed by atoms with E-state index in [1.807, 2.05) is 0 Å². The summed E-state index contributed by atoms with van der Waals surface area (Å²) in [5.74, 6) is 0. The molecular weight excluding hydrogens is 255 g/mol. The molecule has 3 nitrogen and oxygen atoms in total. The van der Waals surface area contributed by atoms with Crippen molar-refractivity contribution in [3.05, 3.63) is 41.1 Å². The van der Waals surface area contributed by atoms with Gasteiger partial charge < -0.3 is 5.32 Å². The summed E-state index contributed by atoms with van der Waals surface area (Å²) in [7, 11) is 0. The number of alkyl halides is 3. The van der Waals surface area contributed by atoms with Crippen LogP contribution in [0.15, 0.2) is 24.3 Å². The summed E-state index contributed by atoms with van der Waals surface area (Å²) in [5, 5.41) is 10.4. The predicted octanol–water partition coefficient (Wildman–Crippen LogP) is 2.74. The molecular formula is C13H12F3N3. The first-order valence-electron chi connectivity index (χ1n) is 6.00. The monoisotopic (exact) mass is 267 g/mol. The highest BCUT2D eigenvalue weighted by molar-refractivity contribution is 5.64. The van der Waals surface area contributed by atoms with Gasteiger partial charge in [0.2, 0.25) is 0 Å². The number of nitrogens with zero attached hydrogens (tertiary/aromatic N) is 1. The van der Waals surface area contributed by atoms with Crippen LogP contribution in [0.4, 0.5) is 13.2 Å². The largest absolute Gasteiger partial charge is 0.416 e. The Kier molecular flexibility index (Phi) is 2.82. The van der Waals surface area contributed by atoms with E-state index in [-0.39, 0.29) is 0 Å². The van der Waals surface area contributed by atoms with Crippen LogP contribution in [0.1, 0.15) is 16.8 Å². The van der Waals surface area contributed by atoms with Crippen LogP contribution in [-0.2, 0) is 19.1 Å². The fraction of sp³-hybridized carbons (Fsp3) is 0.308. The molecule has 0 saturated carbocycles. The van der Waals surface area contributed by atoms with Crippen molar-refractivity contribution in [2.24, 2.45) is 0 Å². The van der Waals surface area contributed by atoms with E-state index in [0.29, 0.717) is 12.1 Å². The molecule has 3 rings (SSSR count). The van der Waals surface area contributed by atoms with Crippen molar-refractivity contribution in [1.29, 1.82) is 0 Å². The Bertz CT molecular complexity index is 584. The summed E-state index contributed by atoms with van der Waals surface area (Å²) < 4.78 is 37.5. The van der Waals surface area contributed by atoms with Gasteiger partial charge >= 0.3 is 6.18 Å². The first-order valence-corrected chi connectivity index (χ1v) is 6.00. The third-order valence-electron chi connectivity index (χ3n) is 3.29. The van der Waals surface area contributed by atoms with Gasteiger partial charge in [0, 0.05) is 36.3 Å². The maximum atomic E-state index is 12.5. The standard InChI is InChI=1S/C13H12F3N3/c14-13(15,16)9-3-1-8(2-4-9)12-10-7-17-6-5-11(10)18-19-12/h1-4,17H,5-7H2,(H,18,19). The maximum absolute atomic E-state index is 12.5. The van der Waals surface area contributed by atoms with Crippen molar-refractivity contribution in [2.75, 3.05) is 6.54 Å². The molecule has 100 valence electrons. The fourth-order valence-corrected chi connectivity index (χ4v) is 2.28. The summed E-state index contributed by atoms with van der Waals surface area (Å²) in [4.78, 5) is 0. The highest BCUT2D eigenvalue weighted by Gasteiger charge is 2.30. The maximum Gasteiger partial charge on any atom is 0.416 e. The molecule has 0 bridgehead atoms. The molecule has 2 N–H and O–H groups in total. The van der Waals surface area contributed by atoms with Gasteiger partial charge in [-0.05, 0) is 12.1 Å². The SMILES string of the molecule is FC(F)(F)c1ccc(-c2n[nH]c3c2CNCC3)cc1. The van der Waals surface area contributed by atoms with Crippen molar-refractivity contribution >= 4 is 0 Å². The van der Waals surface area contributed by atoms with E-state index >= 15 is 0 Å². The van der Waals surface area contributed by atoms with E-state index in [4.69, 9.17) is 0 Å². The second-order valence-corrected chi connectivity index (χ2v) is 4.53. The van der Waals surface area contributed by atoms with Crippen LogP contribution in [0, 0.1) is 0 Å². The summed E-state index contributed by atoms with van der Waals surface area (Å²) in [5.41, 5.74) is 2.91. The number of halogens is 3. The van der Waals surface area contributed by atoms with E-state index in [9.17, 15) is 13.2 Å². The number of benzene rings is 1. The second kappa shape index (κ2) is 4.38. The number of rotatable bonds is 1. The first kappa shape index (κ1) is 12.2. The van der Waals surface area contributed by atoms with Gasteiger partial charge in [0.15, 0.2) is 0 Å². The van der Waals surface area contributed by atoms with Gasteiger partial charge in [-0.1, -0.05) is 12.1 Å². The molecule has 1 aliphatic rings.